The Morgan fingerprint density at radius 2 is 1.88 bits per heavy atom. The minimum Gasteiger partial charge on any atom is -0.473 e. The molecule has 1 aromatic carbocycles. The molecule has 4 heterocycles. The molecule has 42 heavy (non-hydrogen) atoms. The Balaban J connectivity index is 1.46. The molecule has 13 heteroatoms. The maximum Gasteiger partial charge on any atom is 0.240 e. The fraction of sp³-hybridized carbons (Fsp3) is 0.552. The van der Waals surface area contributed by atoms with E-state index in [-0.39, 0.29) is 59.1 Å². The molecule has 0 radical (unpaired) electrons. The molecule has 2 aliphatic rings. The van der Waals surface area contributed by atoms with Crippen LogP contribution in [0.2, 0.25) is 0 Å². The van der Waals surface area contributed by atoms with Crippen LogP contribution in [-0.4, -0.2) is 75.1 Å². The molecule has 2 aliphatic heterocycles. The Morgan fingerprint density at radius 1 is 1.17 bits per heavy atom. The Labute approximate surface area is 242 Å². The van der Waals surface area contributed by atoms with Crippen LogP contribution in [0.25, 0.3) is 11.6 Å². The molecule has 0 saturated carbocycles. The number of nitrogens with one attached hydrogen (secondary N) is 1. The Hall–Kier alpha value is -3.76. The van der Waals surface area contributed by atoms with E-state index in [0.717, 1.165) is 0 Å². The van der Waals surface area contributed by atoms with Gasteiger partial charge in [0.25, 0.3) is 0 Å². The fourth-order valence-corrected chi connectivity index (χ4v) is 5.77. The molecule has 10 nitrogen and oxygen atoms in total. The zero-order valence-electron chi connectivity index (χ0n) is 24.1. The normalized spacial score (nSPS) is 25.4. The summed E-state index contributed by atoms with van der Waals surface area (Å²) in [7, 11) is 1.84. The molecule has 5 rings (SSSR count). The van der Waals surface area contributed by atoms with E-state index in [1.54, 1.807) is 19.9 Å². The molecular weight excluding hydrogens is 551 g/mol. The summed E-state index contributed by atoms with van der Waals surface area (Å²) in [6.45, 7) is 7.27. The van der Waals surface area contributed by atoms with Gasteiger partial charge in [-0.2, -0.15) is 20.2 Å². The quantitative estimate of drug-likeness (QED) is 0.388. The van der Waals surface area contributed by atoms with Crippen molar-refractivity contribution >= 4 is 0 Å². The van der Waals surface area contributed by atoms with Crippen LogP contribution in [0.5, 0.6) is 11.8 Å². The minimum atomic E-state index is -1.31. The SMILES string of the molecule is C[C@@H]1N[C@H](CC#N)C[C@H]1Oc1cc(O[C@@H](C)[C@@H]2C[C@@H](F)CN2C)nc(-c2noc(C(C)(C)c3c(F)cccc3F)n2)n1. The number of nitrogens with zero attached hydrogens (tertiary/aromatic N) is 6. The third-order valence-electron chi connectivity index (χ3n) is 8.01. The highest BCUT2D eigenvalue weighted by molar-refractivity contribution is 5.46. The number of hydrogen-bond donors (Lipinski definition) is 1. The van der Waals surface area contributed by atoms with E-state index in [2.05, 4.69) is 31.5 Å². The average Bonchev–Trinajstić information content (AvgIpc) is 3.63. The van der Waals surface area contributed by atoms with E-state index in [0.29, 0.717) is 25.8 Å². The lowest BCUT2D eigenvalue weighted by molar-refractivity contribution is 0.115. The second-order valence-electron chi connectivity index (χ2n) is 11.6. The first-order valence-corrected chi connectivity index (χ1v) is 13.9. The van der Waals surface area contributed by atoms with Gasteiger partial charge in [0.15, 0.2) is 0 Å². The number of benzene rings is 1. The van der Waals surface area contributed by atoms with Gasteiger partial charge >= 0.3 is 0 Å². The highest BCUT2D eigenvalue weighted by Crippen LogP contribution is 2.35. The van der Waals surface area contributed by atoms with Crippen LogP contribution in [0.15, 0.2) is 28.8 Å². The Kier molecular flexibility index (Phi) is 8.39. The molecular formula is C29H34F3N7O3. The van der Waals surface area contributed by atoms with Crippen LogP contribution in [0.4, 0.5) is 13.2 Å². The maximum atomic E-state index is 14.6. The molecule has 0 amide bonds. The molecule has 0 aliphatic carbocycles. The van der Waals surface area contributed by atoms with E-state index in [9.17, 15) is 13.2 Å². The van der Waals surface area contributed by atoms with Crippen LogP contribution in [-0.2, 0) is 5.41 Å². The molecule has 2 aromatic heterocycles. The summed E-state index contributed by atoms with van der Waals surface area (Å²) in [5.41, 5.74) is -1.52. The lowest BCUT2D eigenvalue weighted by Gasteiger charge is -2.26. The molecule has 224 valence electrons. The van der Waals surface area contributed by atoms with Crippen molar-refractivity contribution in [2.24, 2.45) is 0 Å². The first-order chi connectivity index (χ1) is 20.0. The zero-order chi connectivity index (χ0) is 30.2. The molecule has 3 aromatic rings. The number of aromatic nitrogens is 4. The van der Waals surface area contributed by atoms with Gasteiger partial charge in [-0.25, -0.2) is 13.2 Å². The van der Waals surface area contributed by atoms with Gasteiger partial charge in [0.05, 0.1) is 24.0 Å². The van der Waals surface area contributed by atoms with E-state index in [4.69, 9.17) is 19.3 Å². The summed E-state index contributed by atoms with van der Waals surface area (Å²) in [6.07, 6.45) is -0.361. The minimum absolute atomic E-state index is 0.0145. The van der Waals surface area contributed by atoms with Crippen molar-refractivity contribution in [3.05, 3.63) is 47.4 Å². The van der Waals surface area contributed by atoms with Gasteiger partial charge < -0.3 is 19.3 Å². The van der Waals surface area contributed by atoms with Gasteiger partial charge in [-0.15, -0.1) is 0 Å². The molecule has 0 bridgehead atoms. The van der Waals surface area contributed by atoms with Crippen molar-refractivity contribution < 1.29 is 27.2 Å². The average molecular weight is 586 g/mol. The topological polar surface area (TPSA) is 122 Å². The Morgan fingerprint density at radius 3 is 2.55 bits per heavy atom. The van der Waals surface area contributed by atoms with Crippen LogP contribution < -0.4 is 14.8 Å². The molecule has 2 saturated heterocycles. The second kappa shape index (κ2) is 11.9. The summed E-state index contributed by atoms with van der Waals surface area (Å²) in [4.78, 5) is 15.3. The van der Waals surface area contributed by atoms with Crippen molar-refractivity contribution in [1.29, 1.82) is 5.26 Å². The van der Waals surface area contributed by atoms with Gasteiger partial charge in [-0.1, -0.05) is 11.2 Å². The number of ether oxygens (including phenoxy) is 2. The van der Waals surface area contributed by atoms with E-state index < -0.39 is 29.3 Å². The number of likely N-dealkylation sites (N-methyl/N-ethyl adjacent to an activating group) is 1. The van der Waals surface area contributed by atoms with E-state index >= 15 is 0 Å². The summed E-state index contributed by atoms with van der Waals surface area (Å²) in [5, 5.41) is 16.5. The van der Waals surface area contributed by atoms with Gasteiger partial charge in [0.2, 0.25) is 29.3 Å². The summed E-state index contributed by atoms with van der Waals surface area (Å²) in [6, 6.07) is 7.11. The zero-order valence-corrected chi connectivity index (χ0v) is 24.1. The third kappa shape index (κ3) is 6.05. The van der Waals surface area contributed by atoms with Crippen LogP contribution in [0.1, 0.15) is 58.4 Å². The number of alkyl halides is 1. The number of hydrogen-bond acceptors (Lipinski definition) is 10. The summed E-state index contributed by atoms with van der Waals surface area (Å²) < 4.78 is 61.2. The van der Waals surface area contributed by atoms with Gasteiger partial charge in [0.1, 0.15) is 30.0 Å². The molecule has 0 unspecified atom stereocenters. The molecule has 0 spiro atoms. The summed E-state index contributed by atoms with van der Waals surface area (Å²) >= 11 is 0. The predicted octanol–water partition coefficient (Wildman–Crippen LogP) is 4.35. The molecule has 2 fully saturated rings. The van der Waals surface area contributed by atoms with Crippen molar-refractivity contribution in [1.82, 2.24) is 30.3 Å². The van der Waals surface area contributed by atoms with Crippen molar-refractivity contribution in [3.63, 3.8) is 0 Å². The first kappa shape index (κ1) is 29.7. The van der Waals surface area contributed by atoms with E-state index in [1.165, 1.54) is 18.2 Å². The summed E-state index contributed by atoms with van der Waals surface area (Å²) in [5.74, 6) is -1.18. The smallest absolute Gasteiger partial charge is 0.240 e. The number of nitriles is 1. The fourth-order valence-electron chi connectivity index (χ4n) is 5.77. The van der Waals surface area contributed by atoms with Gasteiger partial charge in [-0.05, 0) is 53.3 Å². The lowest BCUT2D eigenvalue weighted by Crippen LogP contribution is -2.38. The van der Waals surface area contributed by atoms with Gasteiger partial charge in [0, 0.05) is 36.7 Å². The first-order valence-electron chi connectivity index (χ1n) is 13.9. The monoisotopic (exact) mass is 585 g/mol. The highest BCUT2D eigenvalue weighted by Gasteiger charge is 2.37. The Bertz CT molecular complexity index is 1440. The van der Waals surface area contributed by atoms with Crippen LogP contribution >= 0.6 is 0 Å². The standard InChI is InChI=1S/C29H34F3N7O3/c1-15-22(12-18(34-15)9-10-33)41-24-13-23(40-16(2)21-11-17(30)14-39(21)5)35-26(36-24)27-37-28(42-38-27)29(3,4)25-19(31)7-6-8-20(25)32/h6-8,13,15-18,21-22,34H,9,11-12,14H2,1-5H3/t15-,16-,17+,18+,21-,22+/m0/s1. The van der Waals surface area contributed by atoms with Gasteiger partial charge in [-0.3, -0.25) is 4.90 Å². The van der Waals surface area contributed by atoms with E-state index in [1.807, 2.05) is 25.8 Å². The maximum absolute atomic E-state index is 14.6. The number of likely N-dealkylation sites (tertiary alicyclic amines) is 1. The van der Waals surface area contributed by atoms with Crippen molar-refractivity contribution in [2.45, 2.75) is 88.9 Å². The molecule has 6 atom stereocenters. The van der Waals surface area contributed by atoms with Crippen LogP contribution in [0.3, 0.4) is 0 Å². The number of halogens is 3. The third-order valence-corrected chi connectivity index (χ3v) is 8.01. The van der Waals surface area contributed by atoms with Crippen molar-refractivity contribution in [3.8, 4) is 29.5 Å². The highest BCUT2D eigenvalue weighted by atomic mass is 19.1. The molecule has 1 N–H and O–H groups in total. The lowest BCUT2D eigenvalue weighted by atomic mass is 9.83. The predicted molar refractivity (Wildman–Crippen MR) is 145 cm³/mol. The number of rotatable bonds is 9. The second-order valence-corrected chi connectivity index (χ2v) is 11.6. The van der Waals surface area contributed by atoms with Crippen LogP contribution in [0, 0.1) is 23.0 Å². The van der Waals surface area contributed by atoms with Crippen molar-refractivity contribution in [2.75, 3.05) is 13.6 Å². The largest absolute Gasteiger partial charge is 0.473 e.